The molecule has 4 rings (SSSR count). The molecule has 9 heteroatoms. The molecule has 0 saturated carbocycles. The second-order valence-electron chi connectivity index (χ2n) is 7.14. The summed E-state index contributed by atoms with van der Waals surface area (Å²) in [5.74, 6) is -2.17. The molecule has 1 heterocycles. The summed E-state index contributed by atoms with van der Waals surface area (Å²) >= 11 is 0. The number of carbonyl (C=O) groups is 1. The minimum atomic E-state index is -4.12. The number of nitrogens with one attached hydrogen (secondary N) is 2. The van der Waals surface area contributed by atoms with Crippen LogP contribution in [0.25, 0.3) is 11.0 Å². The van der Waals surface area contributed by atoms with E-state index in [1.165, 1.54) is 24.3 Å². The van der Waals surface area contributed by atoms with E-state index in [-0.39, 0.29) is 17.6 Å². The molecule has 0 saturated heterocycles. The Morgan fingerprint density at radius 2 is 1.66 bits per heavy atom. The summed E-state index contributed by atoms with van der Waals surface area (Å²) in [6.45, 7) is 1.79. The Morgan fingerprint density at radius 1 is 0.938 bits per heavy atom. The highest BCUT2D eigenvalue weighted by Crippen LogP contribution is 2.24. The lowest BCUT2D eigenvalue weighted by atomic mass is 10.1. The van der Waals surface area contributed by atoms with Crippen LogP contribution in [0.1, 0.15) is 29.1 Å². The highest BCUT2D eigenvalue weighted by Gasteiger charge is 2.18. The number of halogens is 2. The van der Waals surface area contributed by atoms with Crippen LogP contribution in [0.4, 0.5) is 14.5 Å². The van der Waals surface area contributed by atoms with Gasteiger partial charge in [0.25, 0.3) is 15.9 Å². The van der Waals surface area contributed by atoms with Crippen molar-refractivity contribution in [3.8, 4) is 0 Å². The molecule has 3 aromatic carbocycles. The van der Waals surface area contributed by atoms with Gasteiger partial charge in [0.1, 0.15) is 11.3 Å². The molecule has 1 atom stereocenters. The minimum absolute atomic E-state index is 0.164. The van der Waals surface area contributed by atoms with Crippen molar-refractivity contribution in [1.29, 1.82) is 0 Å². The lowest BCUT2D eigenvalue weighted by molar-refractivity contribution is 0.0935. The second-order valence-corrected chi connectivity index (χ2v) is 8.82. The third-order valence-electron chi connectivity index (χ3n) is 4.82. The highest BCUT2D eigenvalue weighted by atomic mass is 32.2. The van der Waals surface area contributed by atoms with Gasteiger partial charge < -0.3 is 9.73 Å². The quantitative estimate of drug-likeness (QED) is 0.427. The Kier molecular flexibility index (Phi) is 5.67. The third-order valence-corrected chi connectivity index (χ3v) is 6.20. The molecule has 4 aromatic rings. The molecule has 32 heavy (non-hydrogen) atoms. The first-order valence-corrected chi connectivity index (χ1v) is 11.1. The van der Waals surface area contributed by atoms with Gasteiger partial charge in [-0.05, 0) is 61.5 Å². The normalized spacial score (nSPS) is 12.5. The van der Waals surface area contributed by atoms with Gasteiger partial charge in [-0.25, -0.2) is 17.2 Å². The van der Waals surface area contributed by atoms with E-state index in [0.29, 0.717) is 17.4 Å². The van der Waals surface area contributed by atoms with Crippen LogP contribution in [0.15, 0.2) is 82.1 Å². The van der Waals surface area contributed by atoms with Gasteiger partial charge in [-0.3, -0.25) is 9.52 Å². The molecule has 164 valence electrons. The van der Waals surface area contributed by atoms with Gasteiger partial charge in [-0.15, -0.1) is 0 Å². The molecule has 1 aromatic heterocycles. The Hall–Kier alpha value is -3.72. The van der Waals surface area contributed by atoms with Gasteiger partial charge in [0.15, 0.2) is 11.6 Å². The molecule has 6 nitrogen and oxygen atoms in total. The summed E-state index contributed by atoms with van der Waals surface area (Å²) < 4.78 is 59.2. The predicted molar refractivity (Wildman–Crippen MR) is 116 cm³/mol. The summed E-state index contributed by atoms with van der Waals surface area (Å²) in [6.07, 6.45) is 0. The van der Waals surface area contributed by atoms with E-state index in [2.05, 4.69) is 10.0 Å². The first-order valence-electron chi connectivity index (χ1n) is 9.60. The maximum atomic E-state index is 13.4. The van der Waals surface area contributed by atoms with Crippen LogP contribution < -0.4 is 10.0 Å². The van der Waals surface area contributed by atoms with Crippen LogP contribution in [0.5, 0.6) is 0 Å². The highest BCUT2D eigenvalue weighted by molar-refractivity contribution is 7.92. The summed E-state index contributed by atoms with van der Waals surface area (Å²) in [7, 11) is -4.12. The summed E-state index contributed by atoms with van der Waals surface area (Å²) in [5, 5.41) is 3.76. The lowest BCUT2D eigenvalue weighted by Gasteiger charge is -2.12. The smallest absolute Gasteiger partial charge is 0.261 e. The van der Waals surface area contributed by atoms with Crippen molar-refractivity contribution in [3.05, 3.63) is 95.8 Å². The van der Waals surface area contributed by atoms with Crippen molar-refractivity contribution in [1.82, 2.24) is 5.32 Å². The van der Waals surface area contributed by atoms with Crippen LogP contribution in [-0.2, 0) is 10.0 Å². The average molecular weight is 456 g/mol. The van der Waals surface area contributed by atoms with Crippen LogP contribution in [0, 0.1) is 11.6 Å². The molecule has 0 fully saturated rings. The molecule has 0 radical (unpaired) electrons. The Morgan fingerprint density at radius 3 is 2.34 bits per heavy atom. The van der Waals surface area contributed by atoms with Crippen LogP contribution >= 0.6 is 0 Å². The third kappa shape index (κ3) is 4.47. The van der Waals surface area contributed by atoms with E-state index in [4.69, 9.17) is 4.42 Å². The van der Waals surface area contributed by atoms with Gasteiger partial charge in [0.05, 0.1) is 10.9 Å². The van der Waals surface area contributed by atoms with Gasteiger partial charge in [-0.1, -0.05) is 18.2 Å². The summed E-state index contributed by atoms with van der Waals surface area (Å²) in [4.78, 5) is 12.1. The number of furan rings is 1. The zero-order chi connectivity index (χ0) is 22.9. The Labute approximate surface area is 182 Å². The fraction of sp³-hybridized carbons (Fsp3) is 0.0870. The zero-order valence-corrected chi connectivity index (χ0v) is 17.6. The average Bonchev–Trinajstić information content (AvgIpc) is 3.20. The predicted octanol–water partition coefficient (Wildman–Crippen LogP) is 5.00. The van der Waals surface area contributed by atoms with E-state index in [1.54, 1.807) is 6.92 Å². The molecule has 0 spiro atoms. The molecule has 1 unspecified atom stereocenters. The van der Waals surface area contributed by atoms with Gasteiger partial charge in [0.2, 0.25) is 0 Å². The fourth-order valence-corrected chi connectivity index (χ4v) is 4.18. The lowest BCUT2D eigenvalue weighted by Crippen LogP contribution is -2.26. The number of hydrogen-bond donors (Lipinski definition) is 2. The van der Waals surface area contributed by atoms with Crippen molar-refractivity contribution < 1.29 is 26.4 Å². The number of amides is 1. The van der Waals surface area contributed by atoms with Crippen molar-refractivity contribution in [2.24, 2.45) is 0 Å². The number of benzene rings is 3. The van der Waals surface area contributed by atoms with E-state index >= 15 is 0 Å². The van der Waals surface area contributed by atoms with Gasteiger partial charge >= 0.3 is 0 Å². The topological polar surface area (TPSA) is 88.4 Å². The molecule has 0 bridgehead atoms. The standard InChI is InChI=1S/C23H18F2N2O4S/c1-14(22-12-16-4-2-3-5-21(16)31-22)26-23(28)15-6-8-17(9-7-15)27-32(29,30)18-10-11-19(24)20(25)13-18/h2-14,27H,1H3,(H,26,28). The number of hydrogen-bond acceptors (Lipinski definition) is 4. The van der Waals surface area contributed by atoms with E-state index in [1.807, 2.05) is 30.3 Å². The minimum Gasteiger partial charge on any atom is -0.459 e. The first kappa shape index (κ1) is 21.5. The zero-order valence-electron chi connectivity index (χ0n) is 16.8. The van der Waals surface area contributed by atoms with Crippen molar-refractivity contribution in [2.75, 3.05) is 4.72 Å². The van der Waals surface area contributed by atoms with Gasteiger partial charge in [0, 0.05) is 16.6 Å². The second kappa shape index (κ2) is 8.43. The SMILES string of the molecule is CC(NC(=O)c1ccc(NS(=O)(=O)c2ccc(F)c(F)c2)cc1)c1cc2ccccc2o1. The van der Waals surface area contributed by atoms with E-state index < -0.39 is 26.6 Å². The Bertz CT molecular complexity index is 1370. The summed E-state index contributed by atoms with van der Waals surface area (Å²) in [6, 6.07) is 17.0. The van der Waals surface area contributed by atoms with Gasteiger partial charge in [-0.2, -0.15) is 0 Å². The van der Waals surface area contributed by atoms with Crippen LogP contribution in [-0.4, -0.2) is 14.3 Å². The monoisotopic (exact) mass is 456 g/mol. The number of sulfonamides is 1. The molecule has 2 N–H and O–H groups in total. The number of para-hydroxylation sites is 1. The van der Waals surface area contributed by atoms with E-state index in [9.17, 15) is 22.0 Å². The van der Waals surface area contributed by atoms with Crippen molar-refractivity contribution in [2.45, 2.75) is 17.9 Å². The van der Waals surface area contributed by atoms with Crippen molar-refractivity contribution in [3.63, 3.8) is 0 Å². The summed E-state index contributed by atoms with van der Waals surface area (Å²) in [5.41, 5.74) is 1.20. The molecule has 0 aliphatic rings. The molecule has 0 aliphatic carbocycles. The number of rotatable bonds is 6. The largest absolute Gasteiger partial charge is 0.459 e. The fourth-order valence-electron chi connectivity index (χ4n) is 3.11. The Balaban J connectivity index is 1.44. The maximum absolute atomic E-state index is 13.4. The number of carbonyl (C=O) groups excluding carboxylic acids is 1. The van der Waals surface area contributed by atoms with E-state index in [0.717, 1.165) is 23.1 Å². The number of anilines is 1. The molecule has 1 amide bonds. The number of fused-ring (bicyclic) bond motifs is 1. The van der Waals surface area contributed by atoms with Crippen LogP contribution in [0.3, 0.4) is 0 Å². The maximum Gasteiger partial charge on any atom is 0.261 e. The molecular weight excluding hydrogens is 438 g/mol. The van der Waals surface area contributed by atoms with Crippen molar-refractivity contribution >= 4 is 32.6 Å². The van der Waals surface area contributed by atoms with Crippen LogP contribution in [0.2, 0.25) is 0 Å². The first-order chi connectivity index (χ1) is 15.2. The molecular formula is C23H18F2N2O4S. The molecule has 0 aliphatic heterocycles.